The van der Waals surface area contributed by atoms with Crippen LogP contribution in [0.3, 0.4) is 0 Å². The molecule has 2 heterocycles. The molecule has 0 saturated carbocycles. The van der Waals surface area contributed by atoms with Crippen LogP contribution in [0.2, 0.25) is 0 Å². The summed E-state index contributed by atoms with van der Waals surface area (Å²) in [5, 5.41) is 7.69. The molecule has 2 aromatic heterocycles. The van der Waals surface area contributed by atoms with Gasteiger partial charge in [-0.2, -0.15) is 0 Å². The van der Waals surface area contributed by atoms with Crippen molar-refractivity contribution in [3.63, 3.8) is 0 Å². The molecular weight excluding hydrogens is 298 g/mol. The zero-order valence-corrected chi connectivity index (χ0v) is 13.5. The summed E-state index contributed by atoms with van der Waals surface area (Å²) in [5.41, 5.74) is 2.11. The Morgan fingerprint density at radius 3 is 2.86 bits per heavy atom. The number of amides is 1. The normalized spacial score (nSPS) is 11.3. The third kappa shape index (κ3) is 2.74. The summed E-state index contributed by atoms with van der Waals surface area (Å²) < 4.78 is 6.38. The highest BCUT2D eigenvalue weighted by atomic mass is 32.1. The molecule has 0 aliphatic rings. The highest BCUT2D eigenvalue weighted by Gasteiger charge is 2.22. The van der Waals surface area contributed by atoms with E-state index in [1.807, 2.05) is 38.1 Å². The van der Waals surface area contributed by atoms with E-state index in [0.717, 1.165) is 15.2 Å². The van der Waals surface area contributed by atoms with Gasteiger partial charge in [0.2, 0.25) is 0 Å². The molecule has 6 heteroatoms. The molecular formula is C16H17N3O2S. The molecule has 0 aliphatic carbocycles. The molecule has 0 unspecified atom stereocenters. The maximum Gasteiger partial charge on any atom is 0.257 e. The first-order valence-corrected chi connectivity index (χ1v) is 7.96. The first-order valence-electron chi connectivity index (χ1n) is 7.15. The van der Waals surface area contributed by atoms with Gasteiger partial charge in [-0.25, -0.2) is 4.98 Å². The number of para-hydroxylation sites is 1. The lowest BCUT2D eigenvalue weighted by atomic mass is 10.0. The molecule has 5 nitrogen and oxygen atoms in total. The van der Waals surface area contributed by atoms with Crippen LogP contribution in [-0.4, -0.2) is 16.0 Å². The van der Waals surface area contributed by atoms with E-state index in [1.165, 1.54) is 0 Å². The molecule has 0 aliphatic heterocycles. The minimum absolute atomic E-state index is 0.115. The molecule has 3 rings (SSSR count). The van der Waals surface area contributed by atoms with Gasteiger partial charge in [-0.05, 0) is 19.1 Å². The Kier molecular flexibility index (Phi) is 3.94. The number of fused-ring (bicyclic) bond motifs is 1. The fourth-order valence-electron chi connectivity index (χ4n) is 2.30. The van der Waals surface area contributed by atoms with Crippen molar-refractivity contribution in [2.75, 3.05) is 0 Å². The van der Waals surface area contributed by atoms with Gasteiger partial charge in [0.1, 0.15) is 10.6 Å². The van der Waals surface area contributed by atoms with Crippen molar-refractivity contribution in [2.24, 2.45) is 0 Å². The van der Waals surface area contributed by atoms with Gasteiger partial charge in [-0.3, -0.25) is 4.79 Å². The van der Waals surface area contributed by atoms with Crippen LogP contribution in [0.5, 0.6) is 0 Å². The monoisotopic (exact) mass is 315 g/mol. The van der Waals surface area contributed by atoms with Crippen molar-refractivity contribution in [3.8, 4) is 0 Å². The Balaban J connectivity index is 1.76. The smallest absolute Gasteiger partial charge is 0.257 e. The van der Waals surface area contributed by atoms with Gasteiger partial charge < -0.3 is 9.84 Å². The largest absolute Gasteiger partial charge is 0.360 e. The first-order chi connectivity index (χ1) is 10.6. The number of hydrogen-bond donors (Lipinski definition) is 1. The van der Waals surface area contributed by atoms with E-state index in [1.54, 1.807) is 18.3 Å². The van der Waals surface area contributed by atoms with Crippen LogP contribution in [0, 0.1) is 6.92 Å². The van der Waals surface area contributed by atoms with Crippen molar-refractivity contribution in [1.82, 2.24) is 15.5 Å². The van der Waals surface area contributed by atoms with Gasteiger partial charge >= 0.3 is 0 Å². The van der Waals surface area contributed by atoms with E-state index < -0.39 is 0 Å². The van der Waals surface area contributed by atoms with Crippen LogP contribution in [-0.2, 0) is 6.54 Å². The Bertz CT molecular complexity index is 787. The van der Waals surface area contributed by atoms with Gasteiger partial charge in [0.15, 0.2) is 5.76 Å². The average molecular weight is 315 g/mol. The number of carbonyl (C=O) groups excluding carboxylic acids is 1. The maximum atomic E-state index is 12.4. The van der Waals surface area contributed by atoms with Crippen molar-refractivity contribution in [3.05, 3.63) is 46.3 Å². The number of thiazole rings is 1. The molecule has 1 aromatic carbocycles. The summed E-state index contributed by atoms with van der Waals surface area (Å²) in [6.07, 6.45) is 0. The van der Waals surface area contributed by atoms with E-state index in [9.17, 15) is 4.79 Å². The van der Waals surface area contributed by atoms with Crippen LogP contribution in [0.1, 0.15) is 46.6 Å². The lowest BCUT2D eigenvalue weighted by molar-refractivity contribution is 0.0948. The molecule has 0 spiro atoms. The van der Waals surface area contributed by atoms with Crippen LogP contribution in [0.25, 0.3) is 10.2 Å². The third-order valence-electron chi connectivity index (χ3n) is 3.38. The predicted octanol–water partition coefficient (Wildman–Crippen LogP) is 3.65. The van der Waals surface area contributed by atoms with Crippen LogP contribution < -0.4 is 5.32 Å². The quantitative estimate of drug-likeness (QED) is 0.798. The first kappa shape index (κ1) is 14.7. The molecule has 114 valence electrons. The molecule has 0 saturated heterocycles. The summed E-state index contributed by atoms with van der Waals surface area (Å²) in [7, 11) is 0. The highest BCUT2D eigenvalue weighted by molar-refractivity contribution is 7.18. The van der Waals surface area contributed by atoms with E-state index in [4.69, 9.17) is 4.52 Å². The summed E-state index contributed by atoms with van der Waals surface area (Å²) in [6, 6.07) is 7.94. The zero-order chi connectivity index (χ0) is 15.7. The predicted molar refractivity (Wildman–Crippen MR) is 86.1 cm³/mol. The van der Waals surface area contributed by atoms with Gasteiger partial charge in [0.25, 0.3) is 5.91 Å². The summed E-state index contributed by atoms with van der Waals surface area (Å²) >= 11 is 1.59. The molecule has 22 heavy (non-hydrogen) atoms. The lowest BCUT2D eigenvalue weighted by Gasteiger charge is -2.05. The molecule has 0 radical (unpaired) electrons. The van der Waals surface area contributed by atoms with E-state index in [0.29, 0.717) is 23.6 Å². The third-order valence-corrected chi connectivity index (χ3v) is 4.42. The molecule has 1 amide bonds. The van der Waals surface area contributed by atoms with Crippen LogP contribution in [0.4, 0.5) is 0 Å². The fraction of sp³-hybridized carbons (Fsp3) is 0.312. The molecule has 0 fully saturated rings. The minimum Gasteiger partial charge on any atom is -0.360 e. The van der Waals surface area contributed by atoms with Crippen LogP contribution >= 0.6 is 11.3 Å². The zero-order valence-electron chi connectivity index (χ0n) is 12.7. The number of aryl methyl sites for hydroxylation is 1. The Labute approximate surface area is 132 Å². The van der Waals surface area contributed by atoms with Crippen LogP contribution in [0.15, 0.2) is 28.8 Å². The maximum absolute atomic E-state index is 12.4. The molecule has 0 atom stereocenters. The highest BCUT2D eigenvalue weighted by Crippen LogP contribution is 2.23. The Morgan fingerprint density at radius 2 is 2.14 bits per heavy atom. The van der Waals surface area contributed by atoms with Crippen molar-refractivity contribution in [2.45, 2.75) is 33.2 Å². The number of nitrogens with one attached hydrogen (secondary N) is 1. The minimum atomic E-state index is -0.165. The molecule has 0 bridgehead atoms. The number of rotatable bonds is 4. The van der Waals surface area contributed by atoms with Gasteiger partial charge in [0.05, 0.1) is 22.5 Å². The number of hydrogen-bond acceptors (Lipinski definition) is 5. The van der Waals surface area contributed by atoms with Crippen molar-refractivity contribution < 1.29 is 9.32 Å². The van der Waals surface area contributed by atoms with Gasteiger partial charge in [-0.15, -0.1) is 11.3 Å². The van der Waals surface area contributed by atoms with Crippen molar-refractivity contribution >= 4 is 27.5 Å². The average Bonchev–Trinajstić information content (AvgIpc) is 3.07. The molecule has 1 N–H and O–H groups in total. The Morgan fingerprint density at radius 1 is 1.36 bits per heavy atom. The van der Waals surface area contributed by atoms with E-state index >= 15 is 0 Å². The topological polar surface area (TPSA) is 68.0 Å². The van der Waals surface area contributed by atoms with E-state index in [2.05, 4.69) is 15.5 Å². The second-order valence-electron chi connectivity index (χ2n) is 5.42. The number of nitrogens with zero attached hydrogens (tertiary/aromatic N) is 2. The summed E-state index contributed by atoms with van der Waals surface area (Å²) in [4.78, 5) is 16.9. The molecule has 3 aromatic rings. The second-order valence-corrected chi connectivity index (χ2v) is 6.54. The Hall–Kier alpha value is -2.21. The number of aromatic nitrogens is 2. The fourth-order valence-corrected chi connectivity index (χ4v) is 3.20. The lowest BCUT2D eigenvalue weighted by Crippen LogP contribution is -2.24. The van der Waals surface area contributed by atoms with Crippen molar-refractivity contribution in [1.29, 1.82) is 0 Å². The number of benzene rings is 1. The number of carbonyl (C=O) groups is 1. The van der Waals surface area contributed by atoms with Gasteiger partial charge in [0, 0.05) is 5.92 Å². The standard InChI is InChI=1S/C16H17N3O2S/c1-9(2)15-14(10(3)19-21-15)16(20)17-8-13-18-11-6-4-5-7-12(11)22-13/h4-7,9H,8H2,1-3H3,(H,17,20). The summed E-state index contributed by atoms with van der Waals surface area (Å²) in [5.74, 6) is 0.574. The second kappa shape index (κ2) is 5.88. The SMILES string of the molecule is Cc1noc(C(C)C)c1C(=O)NCc1nc2ccccc2s1. The van der Waals surface area contributed by atoms with E-state index in [-0.39, 0.29) is 11.8 Å². The summed E-state index contributed by atoms with van der Waals surface area (Å²) in [6.45, 7) is 6.14. The van der Waals surface area contributed by atoms with Gasteiger partial charge in [-0.1, -0.05) is 31.1 Å².